The van der Waals surface area contributed by atoms with Crippen molar-refractivity contribution in [2.45, 2.75) is 40.0 Å². The van der Waals surface area contributed by atoms with Gasteiger partial charge in [0.15, 0.2) is 5.65 Å². The molecule has 3 rings (SSSR count). The van der Waals surface area contributed by atoms with E-state index in [4.69, 9.17) is 4.98 Å². The van der Waals surface area contributed by atoms with E-state index in [2.05, 4.69) is 51.9 Å². The predicted octanol–water partition coefficient (Wildman–Crippen LogP) is 4.31. The molecule has 21 heavy (non-hydrogen) atoms. The molecular weight excluding hydrogens is 258 g/mol. The van der Waals surface area contributed by atoms with Crippen molar-refractivity contribution in [1.82, 2.24) is 14.6 Å². The van der Waals surface area contributed by atoms with Crippen LogP contribution in [0.2, 0.25) is 0 Å². The summed E-state index contributed by atoms with van der Waals surface area (Å²) in [5.41, 5.74) is 6.73. The quantitative estimate of drug-likeness (QED) is 0.664. The highest BCUT2D eigenvalue weighted by molar-refractivity contribution is 5.77. The van der Waals surface area contributed by atoms with Gasteiger partial charge in [0, 0.05) is 16.7 Å². The van der Waals surface area contributed by atoms with Crippen LogP contribution in [0.3, 0.4) is 0 Å². The van der Waals surface area contributed by atoms with Crippen LogP contribution < -0.4 is 0 Å². The smallest absolute Gasteiger partial charge is 0.163 e. The van der Waals surface area contributed by atoms with Gasteiger partial charge < -0.3 is 0 Å². The van der Waals surface area contributed by atoms with Crippen molar-refractivity contribution in [3.05, 3.63) is 53.5 Å². The van der Waals surface area contributed by atoms with E-state index in [1.54, 1.807) is 0 Å². The first-order chi connectivity index (χ1) is 9.89. The van der Waals surface area contributed by atoms with Gasteiger partial charge in [-0.1, -0.05) is 51.1 Å². The molecule has 0 N–H and O–H groups in total. The maximum atomic E-state index is 4.79. The number of rotatable bonds is 1. The summed E-state index contributed by atoms with van der Waals surface area (Å²) >= 11 is 0. The normalized spacial score (nSPS) is 12.0. The molecule has 0 bridgehead atoms. The summed E-state index contributed by atoms with van der Waals surface area (Å²) in [5, 5.41) is 4.62. The molecule has 0 atom stereocenters. The van der Waals surface area contributed by atoms with Gasteiger partial charge in [-0.05, 0) is 25.0 Å². The highest BCUT2D eigenvalue weighted by Gasteiger charge is 2.24. The SMILES string of the molecule is Cc1nc2c(-c3ccccc3)cnn2c(C(C)(C)C)c1C. The zero-order valence-electron chi connectivity index (χ0n) is 13.3. The van der Waals surface area contributed by atoms with Gasteiger partial charge in [0.2, 0.25) is 0 Å². The topological polar surface area (TPSA) is 30.2 Å². The zero-order chi connectivity index (χ0) is 15.2. The number of hydrogen-bond donors (Lipinski definition) is 0. The third kappa shape index (κ3) is 2.23. The molecule has 3 heteroatoms. The third-order valence-corrected chi connectivity index (χ3v) is 3.92. The highest BCUT2D eigenvalue weighted by atomic mass is 15.3. The number of aromatic nitrogens is 3. The third-order valence-electron chi connectivity index (χ3n) is 3.92. The Morgan fingerprint density at radius 2 is 1.67 bits per heavy atom. The van der Waals surface area contributed by atoms with Gasteiger partial charge in [-0.3, -0.25) is 0 Å². The van der Waals surface area contributed by atoms with Crippen LogP contribution in [0.1, 0.15) is 37.7 Å². The van der Waals surface area contributed by atoms with Crippen LogP contribution in [0.4, 0.5) is 0 Å². The van der Waals surface area contributed by atoms with E-state index < -0.39 is 0 Å². The summed E-state index contributed by atoms with van der Waals surface area (Å²) < 4.78 is 2.00. The van der Waals surface area contributed by atoms with Crippen LogP contribution in [-0.4, -0.2) is 14.6 Å². The zero-order valence-corrected chi connectivity index (χ0v) is 13.3. The number of nitrogens with zero attached hydrogens (tertiary/aromatic N) is 3. The Morgan fingerprint density at radius 3 is 2.29 bits per heavy atom. The van der Waals surface area contributed by atoms with Crippen molar-refractivity contribution in [3.8, 4) is 11.1 Å². The van der Waals surface area contributed by atoms with E-state index in [0.717, 1.165) is 22.5 Å². The lowest BCUT2D eigenvalue weighted by molar-refractivity contribution is 0.540. The Kier molecular flexibility index (Phi) is 3.08. The summed E-state index contributed by atoms with van der Waals surface area (Å²) in [6.07, 6.45) is 1.92. The van der Waals surface area contributed by atoms with Crippen molar-refractivity contribution < 1.29 is 0 Å². The van der Waals surface area contributed by atoms with E-state index in [1.807, 2.05) is 28.9 Å². The molecule has 0 fully saturated rings. The molecule has 0 unspecified atom stereocenters. The molecule has 1 aromatic carbocycles. The maximum Gasteiger partial charge on any atom is 0.163 e. The number of benzene rings is 1. The molecule has 0 aliphatic rings. The van der Waals surface area contributed by atoms with E-state index in [1.165, 1.54) is 11.3 Å². The standard InChI is InChI=1S/C18H21N3/c1-12-13(2)20-17-15(14-9-7-6-8-10-14)11-19-21(17)16(12)18(3,4)5/h6-11H,1-5H3. The molecule has 0 saturated heterocycles. The van der Waals surface area contributed by atoms with Crippen LogP contribution in [0.25, 0.3) is 16.8 Å². The van der Waals surface area contributed by atoms with Gasteiger partial charge in [-0.15, -0.1) is 0 Å². The van der Waals surface area contributed by atoms with E-state index >= 15 is 0 Å². The lowest BCUT2D eigenvalue weighted by Crippen LogP contribution is -2.20. The van der Waals surface area contributed by atoms with Crippen molar-refractivity contribution in [2.75, 3.05) is 0 Å². The van der Waals surface area contributed by atoms with Gasteiger partial charge in [0.05, 0.1) is 11.9 Å². The van der Waals surface area contributed by atoms with Crippen molar-refractivity contribution in [1.29, 1.82) is 0 Å². The second-order valence-electron chi connectivity index (χ2n) is 6.58. The Hall–Kier alpha value is -2.16. The van der Waals surface area contributed by atoms with Crippen LogP contribution in [0.5, 0.6) is 0 Å². The largest absolute Gasteiger partial charge is 0.233 e. The van der Waals surface area contributed by atoms with Crippen LogP contribution in [-0.2, 0) is 5.41 Å². The summed E-state index contributed by atoms with van der Waals surface area (Å²) in [5.74, 6) is 0. The minimum atomic E-state index is 0.0238. The van der Waals surface area contributed by atoms with Gasteiger partial charge in [-0.25, -0.2) is 9.50 Å². The van der Waals surface area contributed by atoms with Gasteiger partial charge >= 0.3 is 0 Å². The Labute approximate surface area is 125 Å². The molecule has 0 aliphatic carbocycles. The Bertz CT molecular complexity index is 793. The van der Waals surface area contributed by atoms with E-state index in [-0.39, 0.29) is 5.41 Å². The first-order valence-corrected chi connectivity index (χ1v) is 7.30. The van der Waals surface area contributed by atoms with Crippen molar-refractivity contribution >= 4 is 5.65 Å². The Balaban J connectivity index is 2.37. The number of fused-ring (bicyclic) bond motifs is 1. The highest BCUT2D eigenvalue weighted by Crippen LogP contribution is 2.31. The molecule has 0 amide bonds. The second kappa shape index (κ2) is 4.69. The maximum absolute atomic E-state index is 4.79. The molecule has 3 aromatic rings. The molecule has 0 spiro atoms. The average Bonchev–Trinajstić information content (AvgIpc) is 2.82. The van der Waals surface area contributed by atoms with Crippen molar-refractivity contribution in [3.63, 3.8) is 0 Å². The summed E-state index contributed by atoms with van der Waals surface area (Å²) in [6, 6.07) is 10.3. The van der Waals surface area contributed by atoms with Crippen molar-refractivity contribution in [2.24, 2.45) is 0 Å². The first-order valence-electron chi connectivity index (χ1n) is 7.30. The first kappa shape index (κ1) is 13.8. The lowest BCUT2D eigenvalue weighted by atomic mass is 9.88. The number of aryl methyl sites for hydroxylation is 1. The molecule has 0 aliphatic heterocycles. The molecule has 0 radical (unpaired) electrons. The van der Waals surface area contributed by atoms with Gasteiger partial charge in [-0.2, -0.15) is 5.10 Å². The van der Waals surface area contributed by atoms with E-state index in [9.17, 15) is 0 Å². The second-order valence-corrected chi connectivity index (χ2v) is 6.58. The fraction of sp³-hybridized carbons (Fsp3) is 0.333. The minimum Gasteiger partial charge on any atom is -0.233 e. The fourth-order valence-electron chi connectivity index (χ4n) is 2.89. The van der Waals surface area contributed by atoms with Crippen LogP contribution in [0.15, 0.2) is 36.5 Å². The molecular formula is C18H21N3. The Morgan fingerprint density at radius 1 is 1.00 bits per heavy atom. The fourth-order valence-corrected chi connectivity index (χ4v) is 2.89. The monoisotopic (exact) mass is 279 g/mol. The average molecular weight is 279 g/mol. The summed E-state index contributed by atoms with van der Waals surface area (Å²) in [4.78, 5) is 4.79. The van der Waals surface area contributed by atoms with E-state index in [0.29, 0.717) is 0 Å². The van der Waals surface area contributed by atoms with Crippen LogP contribution in [0, 0.1) is 13.8 Å². The molecule has 0 saturated carbocycles. The number of hydrogen-bond acceptors (Lipinski definition) is 2. The molecule has 2 aromatic heterocycles. The van der Waals surface area contributed by atoms with Gasteiger partial charge in [0.25, 0.3) is 0 Å². The molecule has 2 heterocycles. The summed E-state index contributed by atoms with van der Waals surface area (Å²) in [7, 11) is 0. The minimum absolute atomic E-state index is 0.0238. The summed E-state index contributed by atoms with van der Waals surface area (Å²) in [6.45, 7) is 10.9. The van der Waals surface area contributed by atoms with Gasteiger partial charge in [0.1, 0.15) is 0 Å². The molecule has 3 nitrogen and oxygen atoms in total. The predicted molar refractivity (Wildman–Crippen MR) is 86.6 cm³/mol. The molecule has 108 valence electrons. The van der Waals surface area contributed by atoms with Crippen LogP contribution >= 0.6 is 0 Å². The lowest BCUT2D eigenvalue weighted by Gasteiger charge is -2.23.